The molecule has 5 rings (SSSR count). The molecule has 4 aromatic rings. The Morgan fingerprint density at radius 1 is 0.903 bits per heavy atom. The summed E-state index contributed by atoms with van der Waals surface area (Å²) in [5.41, 5.74) is 5.54. The second-order valence-electron chi connectivity index (χ2n) is 7.53. The molecule has 1 aromatic carbocycles. The van der Waals surface area contributed by atoms with Crippen LogP contribution in [0.4, 0.5) is 5.69 Å². The quantitative estimate of drug-likeness (QED) is 0.456. The first-order valence-corrected chi connectivity index (χ1v) is 10.8. The highest BCUT2D eigenvalue weighted by molar-refractivity contribution is 7.80. The predicted molar refractivity (Wildman–Crippen MR) is 127 cm³/mol. The first-order chi connectivity index (χ1) is 15.3. The molecule has 31 heavy (non-hydrogen) atoms. The molecule has 154 valence electrons. The SMILES string of the molecule is CCc1ccc(N2C(=S)N[C@@H](c3ccccn3)[C@@H]2c2cccn2-c2ccncc2)cc1. The van der Waals surface area contributed by atoms with E-state index in [0.29, 0.717) is 5.11 Å². The highest BCUT2D eigenvalue weighted by atomic mass is 32.1. The van der Waals surface area contributed by atoms with Crippen LogP contribution in [0.15, 0.2) is 91.5 Å². The van der Waals surface area contributed by atoms with E-state index in [1.165, 1.54) is 5.56 Å². The van der Waals surface area contributed by atoms with Crippen LogP contribution in [0.1, 0.15) is 36.0 Å². The van der Waals surface area contributed by atoms with Crippen molar-refractivity contribution in [2.75, 3.05) is 4.90 Å². The number of nitrogens with one attached hydrogen (secondary N) is 1. The van der Waals surface area contributed by atoms with Crippen molar-refractivity contribution in [1.29, 1.82) is 0 Å². The van der Waals surface area contributed by atoms with E-state index in [4.69, 9.17) is 12.2 Å². The average Bonchev–Trinajstić information content (AvgIpc) is 3.44. The van der Waals surface area contributed by atoms with Gasteiger partial charge in [0.1, 0.15) is 6.04 Å². The predicted octanol–water partition coefficient (Wildman–Crippen LogP) is 5.01. The fourth-order valence-electron chi connectivity index (χ4n) is 4.20. The van der Waals surface area contributed by atoms with Gasteiger partial charge >= 0.3 is 0 Å². The van der Waals surface area contributed by atoms with Gasteiger partial charge in [-0.2, -0.15) is 0 Å². The van der Waals surface area contributed by atoms with Gasteiger partial charge in [-0.25, -0.2) is 0 Å². The lowest BCUT2D eigenvalue weighted by Gasteiger charge is -2.29. The van der Waals surface area contributed by atoms with Gasteiger partial charge in [-0.1, -0.05) is 25.1 Å². The van der Waals surface area contributed by atoms with Crippen molar-refractivity contribution in [3.8, 4) is 5.69 Å². The number of thiocarbonyl (C=S) groups is 1. The molecule has 0 unspecified atom stereocenters. The molecule has 4 heterocycles. The van der Waals surface area contributed by atoms with Crippen LogP contribution < -0.4 is 10.2 Å². The highest BCUT2D eigenvalue weighted by Crippen LogP contribution is 2.42. The lowest BCUT2D eigenvalue weighted by atomic mass is 10.0. The second kappa shape index (κ2) is 8.32. The van der Waals surface area contributed by atoms with Crippen LogP contribution in [0.25, 0.3) is 5.69 Å². The molecule has 1 fully saturated rings. The van der Waals surface area contributed by atoms with E-state index in [2.05, 4.69) is 80.3 Å². The molecule has 6 heteroatoms. The summed E-state index contributed by atoms with van der Waals surface area (Å²) in [5, 5.41) is 4.23. The zero-order chi connectivity index (χ0) is 21.2. The molecule has 0 saturated carbocycles. The molecule has 0 radical (unpaired) electrons. The van der Waals surface area contributed by atoms with Crippen molar-refractivity contribution in [1.82, 2.24) is 19.9 Å². The summed E-state index contributed by atoms with van der Waals surface area (Å²) in [7, 11) is 0. The van der Waals surface area contributed by atoms with Gasteiger partial charge in [0.15, 0.2) is 5.11 Å². The highest BCUT2D eigenvalue weighted by Gasteiger charge is 2.42. The van der Waals surface area contributed by atoms with Crippen LogP contribution in [-0.2, 0) is 6.42 Å². The van der Waals surface area contributed by atoms with E-state index < -0.39 is 0 Å². The minimum absolute atomic E-state index is 0.0574. The monoisotopic (exact) mass is 425 g/mol. The van der Waals surface area contributed by atoms with Gasteiger partial charge < -0.3 is 14.8 Å². The summed E-state index contributed by atoms with van der Waals surface area (Å²) in [6, 6.07) is 22.8. The number of aryl methyl sites for hydroxylation is 1. The number of nitrogens with zero attached hydrogens (tertiary/aromatic N) is 4. The third kappa shape index (κ3) is 3.59. The Labute approximate surface area is 187 Å². The van der Waals surface area contributed by atoms with E-state index >= 15 is 0 Å². The van der Waals surface area contributed by atoms with Gasteiger partial charge in [0, 0.05) is 41.9 Å². The Morgan fingerprint density at radius 3 is 2.42 bits per heavy atom. The van der Waals surface area contributed by atoms with Crippen LogP contribution in [-0.4, -0.2) is 19.6 Å². The lowest BCUT2D eigenvalue weighted by Crippen LogP contribution is -2.30. The number of pyridine rings is 2. The molecule has 5 nitrogen and oxygen atoms in total. The van der Waals surface area contributed by atoms with Gasteiger partial charge in [0.2, 0.25) is 0 Å². The molecule has 0 amide bonds. The maximum absolute atomic E-state index is 5.84. The van der Waals surface area contributed by atoms with Crippen molar-refractivity contribution >= 4 is 23.0 Å². The summed E-state index contributed by atoms with van der Waals surface area (Å²) in [4.78, 5) is 11.0. The first kappa shape index (κ1) is 19.5. The van der Waals surface area contributed by atoms with Crippen molar-refractivity contribution in [2.45, 2.75) is 25.4 Å². The maximum atomic E-state index is 5.84. The molecule has 0 spiro atoms. The zero-order valence-electron chi connectivity index (χ0n) is 17.2. The van der Waals surface area contributed by atoms with Crippen molar-refractivity contribution in [3.05, 3.63) is 108 Å². The summed E-state index contributed by atoms with van der Waals surface area (Å²) in [6.45, 7) is 2.17. The second-order valence-corrected chi connectivity index (χ2v) is 7.91. The van der Waals surface area contributed by atoms with Gasteiger partial charge in [0.25, 0.3) is 0 Å². The fourth-order valence-corrected chi connectivity index (χ4v) is 4.55. The normalized spacial score (nSPS) is 18.2. The van der Waals surface area contributed by atoms with E-state index in [1.54, 1.807) is 0 Å². The molecule has 1 N–H and O–H groups in total. The topological polar surface area (TPSA) is 46.0 Å². The molecular weight excluding hydrogens is 402 g/mol. The van der Waals surface area contributed by atoms with E-state index in [0.717, 1.165) is 29.2 Å². The number of anilines is 1. The Morgan fingerprint density at radius 2 is 1.71 bits per heavy atom. The van der Waals surface area contributed by atoms with Gasteiger partial charge in [-0.05, 0) is 72.7 Å². The Kier molecular flexibility index (Phi) is 5.22. The average molecular weight is 426 g/mol. The number of rotatable bonds is 5. The number of aromatic nitrogens is 3. The summed E-state index contributed by atoms with van der Waals surface area (Å²) < 4.78 is 2.20. The van der Waals surface area contributed by atoms with Crippen molar-refractivity contribution in [2.24, 2.45) is 0 Å². The minimum Gasteiger partial charge on any atom is -0.351 e. The maximum Gasteiger partial charge on any atom is 0.174 e. The van der Waals surface area contributed by atoms with Crippen molar-refractivity contribution in [3.63, 3.8) is 0 Å². The summed E-state index contributed by atoms with van der Waals surface area (Å²) in [5.74, 6) is 0. The summed E-state index contributed by atoms with van der Waals surface area (Å²) in [6.07, 6.45) is 8.55. The van der Waals surface area contributed by atoms with Crippen LogP contribution in [0.2, 0.25) is 0 Å². The fraction of sp³-hybridized carbons (Fsp3) is 0.160. The van der Waals surface area contributed by atoms with E-state index in [-0.39, 0.29) is 12.1 Å². The number of hydrogen-bond acceptors (Lipinski definition) is 3. The Bertz CT molecular complexity index is 1170. The van der Waals surface area contributed by atoms with E-state index in [9.17, 15) is 0 Å². The van der Waals surface area contributed by atoms with Gasteiger partial charge in [-0.3, -0.25) is 9.97 Å². The molecular formula is C25H23N5S. The van der Waals surface area contributed by atoms with Crippen LogP contribution in [0.5, 0.6) is 0 Å². The molecule has 3 aromatic heterocycles. The third-order valence-electron chi connectivity index (χ3n) is 5.75. The first-order valence-electron chi connectivity index (χ1n) is 10.4. The van der Waals surface area contributed by atoms with Crippen molar-refractivity contribution < 1.29 is 0 Å². The number of benzene rings is 1. The number of hydrogen-bond donors (Lipinski definition) is 1. The molecule has 0 aliphatic carbocycles. The van der Waals surface area contributed by atoms with Gasteiger partial charge in [-0.15, -0.1) is 0 Å². The van der Waals surface area contributed by atoms with E-state index in [1.807, 2.05) is 42.9 Å². The Balaban J connectivity index is 1.65. The molecule has 2 atom stereocenters. The lowest BCUT2D eigenvalue weighted by molar-refractivity contribution is 0.549. The standard InChI is InChI=1S/C25H23N5S/c1-2-18-8-10-20(11-9-18)30-24(23(28-25(30)31)21-6-3-4-14-27-21)22-7-5-17-29(22)19-12-15-26-16-13-19/h3-17,23-24H,2H2,1H3,(H,28,31)/t23-,24-/m0/s1. The largest absolute Gasteiger partial charge is 0.351 e. The van der Waals surface area contributed by atoms with Crippen LogP contribution in [0.3, 0.4) is 0 Å². The Hall–Kier alpha value is -3.51. The minimum atomic E-state index is -0.0740. The molecule has 1 saturated heterocycles. The molecule has 1 aliphatic heterocycles. The summed E-state index contributed by atoms with van der Waals surface area (Å²) >= 11 is 5.84. The van der Waals surface area contributed by atoms with Gasteiger partial charge in [0.05, 0.1) is 11.7 Å². The molecule has 0 bridgehead atoms. The third-order valence-corrected chi connectivity index (χ3v) is 6.06. The zero-order valence-corrected chi connectivity index (χ0v) is 18.0. The smallest absolute Gasteiger partial charge is 0.174 e. The van der Waals surface area contributed by atoms with Crippen LogP contribution in [0, 0.1) is 0 Å². The molecule has 1 aliphatic rings. The van der Waals surface area contributed by atoms with Crippen LogP contribution >= 0.6 is 12.2 Å².